The van der Waals surface area contributed by atoms with Crippen molar-refractivity contribution in [2.24, 2.45) is 0 Å². The number of hydrogen-bond donors (Lipinski definition) is 1. The fourth-order valence-electron chi connectivity index (χ4n) is 1.66. The second-order valence-corrected chi connectivity index (χ2v) is 3.80. The van der Waals surface area contributed by atoms with E-state index in [1.807, 2.05) is 6.92 Å². The maximum absolute atomic E-state index is 13.5. The van der Waals surface area contributed by atoms with Gasteiger partial charge >= 0.3 is 0 Å². The van der Waals surface area contributed by atoms with Gasteiger partial charge in [-0.25, -0.2) is 8.78 Å². The van der Waals surface area contributed by atoms with Gasteiger partial charge in [-0.1, -0.05) is 13.0 Å². The molecule has 0 saturated heterocycles. The Hall–Kier alpha value is -1.82. The van der Waals surface area contributed by atoms with E-state index in [4.69, 9.17) is 4.42 Å². The Morgan fingerprint density at radius 1 is 1.33 bits per heavy atom. The number of halogens is 2. The molecule has 2 rings (SSSR count). The van der Waals surface area contributed by atoms with Gasteiger partial charge in [-0.05, 0) is 25.6 Å². The number of benzene rings is 1. The molecule has 1 aromatic heterocycles. The van der Waals surface area contributed by atoms with E-state index in [9.17, 15) is 8.78 Å². The van der Waals surface area contributed by atoms with Gasteiger partial charge in [-0.15, -0.1) is 10.2 Å². The van der Waals surface area contributed by atoms with Crippen molar-refractivity contribution >= 4 is 0 Å². The number of nitrogens with one attached hydrogen (secondary N) is 1. The third-order valence-electron chi connectivity index (χ3n) is 2.68. The van der Waals surface area contributed by atoms with E-state index in [1.54, 1.807) is 7.05 Å². The van der Waals surface area contributed by atoms with Crippen LogP contribution in [0.2, 0.25) is 0 Å². The first-order valence-electron chi connectivity index (χ1n) is 5.62. The zero-order valence-corrected chi connectivity index (χ0v) is 10.1. The van der Waals surface area contributed by atoms with Gasteiger partial charge in [0, 0.05) is 0 Å². The predicted molar refractivity (Wildman–Crippen MR) is 61.7 cm³/mol. The first-order valence-corrected chi connectivity index (χ1v) is 5.62. The highest BCUT2D eigenvalue weighted by molar-refractivity contribution is 5.53. The van der Waals surface area contributed by atoms with E-state index in [-0.39, 0.29) is 17.5 Å². The van der Waals surface area contributed by atoms with Crippen molar-refractivity contribution in [1.29, 1.82) is 0 Å². The van der Waals surface area contributed by atoms with Crippen LogP contribution in [0.1, 0.15) is 25.3 Å². The lowest BCUT2D eigenvalue weighted by molar-refractivity contribution is 0.413. The molecule has 96 valence electrons. The van der Waals surface area contributed by atoms with E-state index in [0.29, 0.717) is 5.89 Å². The molecule has 0 radical (unpaired) electrons. The first-order chi connectivity index (χ1) is 8.67. The number of aromatic nitrogens is 2. The van der Waals surface area contributed by atoms with Crippen molar-refractivity contribution < 1.29 is 13.2 Å². The van der Waals surface area contributed by atoms with Gasteiger partial charge in [0.25, 0.3) is 5.89 Å². The Labute approximate surface area is 103 Å². The quantitative estimate of drug-likeness (QED) is 0.910. The smallest absolute Gasteiger partial charge is 0.250 e. The molecular weight excluding hydrogens is 240 g/mol. The maximum Gasteiger partial charge on any atom is 0.250 e. The second-order valence-electron chi connectivity index (χ2n) is 3.80. The van der Waals surface area contributed by atoms with Crippen LogP contribution >= 0.6 is 0 Å². The lowest BCUT2D eigenvalue weighted by atomic mass is 10.2. The number of hydrogen-bond acceptors (Lipinski definition) is 4. The Balaban J connectivity index is 2.38. The van der Waals surface area contributed by atoms with Gasteiger partial charge in [0.1, 0.15) is 0 Å². The Morgan fingerprint density at radius 3 is 2.78 bits per heavy atom. The van der Waals surface area contributed by atoms with E-state index >= 15 is 0 Å². The van der Waals surface area contributed by atoms with Crippen molar-refractivity contribution in [3.05, 3.63) is 35.7 Å². The van der Waals surface area contributed by atoms with Crippen LogP contribution in [0.15, 0.2) is 22.6 Å². The minimum Gasteiger partial charge on any atom is -0.419 e. The number of rotatable bonds is 4. The summed E-state index contributed by atoms with van der Waals surface area (Å²) in [5, 5.41) is 10.6. The van der Waals surface area contributed by atoms with Crippen molar-refractivity contribution in [2.75, 3.05) is 7.05 Å². The van der Waals surface area contributed by atoms with Gasteiger partial charge in [0.05, 0.1) is 11.6 Å². The molecule has 1 N–H and O–H groups in total. The molecule has 0 aliphatic carbocycles. The van der Waals surface area contributed by atoms with Gasteiger partial charge < -0.3 is 9.73 Å². The molecule has 0 aliphatic rings. The predicted octanol–water partition coefficient (Wildman–Crippen LogP) is 2.69. The minimum absolute atomic E-state index is 0.0179. The van der Waals surface area contributed by atoms with E-state index in [0.717, 1.165) is 12.5 Å². The van der Waals surface area contributed by atoms with Crippen LogP contribution < -0.4 is 5.32 Å². The highest BCUT2D eigenvalue weighted by Gasteiger charge is 2.19. The van der Waals surface area contributed by atoms with Crippen molar-refractivity contribution in [3.63, 3.8) is 0 Å². The summed E-state index contributed by atoms with van der Waals surface area (Å²) in [5.41, 5.74) is -0.0280. The summed E-state index contributed by atoms with van der Waals surface area (Å²) in [5.74, 6) is -1.58. The van der Waals surface area contributed by atoms with E-state index in [1.165, 1.54) is 12.1 Å². The standard InChI is InChI=1S/C12H13F2N3O/c1-3-9(15-2)12-17-16-11(18-12)7-5-4-6-8(13)10(7)14/h4-6,9,15H,3H2,1-2H3. The lowest BCUT2D eigenvalue weighted by Crippen LogP contribution is -2.15. The molecule has 18 heavy (non-hydrogen) atoms. The summed E-state index contributed by atoms with van der Waals surface area (Å²) < 4.78 is 32.0. The van der Waals surface area contributed by atoms with E-state index in [2.05, 4.69) is 15.5 Å². The number of nitrogens with zero attached hydrogens (tertiary/aromatic N) is 2. The zero-order valence-electron chi connectivity index (χ0n) is 10.1. The molecule has 0 spiro atoms. The van der Waals surface area contributed by atoms with Gasteiger partial charge in [0.15, 0.2) is 11.6 Å². The third-order valence-corrected chi connectivity index (χ3v) is 2.68. The fraction of sp³-hybridized carbons (Fsp3) is 0.333. The highest BCUT2D eigenvalue weighted by atomic mass is 19.2. The summed E-state index contributed by atoms with van der Waals surface area (Å²) in [4.78, 5) is 0. The summed E-state index contributed by atoms with van der Waals surface area (Å²) in [7, 11) is 1.76. The molecule has 2 aromatic rings. The average molecular weight is 253 g/mol. The average Bonchev–Trinajstić information content (AvgIpc) is 2.84. The van der Waals surface area contributed by atoms with Crippen molar-refractivity contribution in [2.45, 2.75) is 19.4 Å². The molecule has 0 fully saturated rings. The molecule has 0 amide bonds. The largest absolute Gasteiger partial charge is 0.419 e. The van der Waals surface area contributed by atoms with Crippen LogP contribution in [-0.4, -0.2) is 17.2 Å². The molecule has 1 heterocycles. The molecule has 1 atom stereocenters. The van der Waals surface area contributed by atoms with Gasteiger partial charge in [-0.2, -0.15) is 0 Å². The molecule has 6 heteroatoms. The SMILES string of the molecule is CCC(NC)c1nnc(-c2cccc(F)c2F)o1. The summed E-state index contributed by atoms with van der Waals surface area (Å²) in [6.07, 6.45) is 0.754. The maximum atomic E-state index is 13.5. The third kappa shape index (κ3) is 2.24. The Morgan fingerprint density at radius 2 is 2.11 bits per heavy atom. The van der Waals surface area contributed by atoms with Crippen LogP contribution in [0, 0.1) is 11.6 Å². The minimum atomic E-state index is -0.981. The summed E-state index contributed by atoms with van der Waals surface area (Å²) in [6.45, 7) is 1.95. The first kappa shape index (κ1) is 12.6. The molecule has 1 aromatic carbocycles. The van der Waals surface area contributed by atoms with Crippen molar-refractivity contribution in [3.8, 4) is 11.5 Å². The molecule has 0 saturated carbocycles. The normalized spacial score (nSPS) is 12.7. The van der Waals surface area contributed by atoms with Crippen LogP contribution in [-0.2, 0) is 0 Å². The van der Waals surface area contributed by atoms with Crippen LogP contribution in [0.4, 0.5) is 8.78 Å². The molecule has 0 bridgehead atoms. The van der Waals surface area contributed by atoms with Gasteiger partial charge in [-0.3, -0.25) is 0 Å². The molecule has 0 aliphatic heterocycles. The van der Waals surface area contributed by atoms with Crippen molar-refractivity contribution in [1.82, 2.24) is 15.5 Å². The summed E-state index contributed by atoms with van der Waals surface area (Å²) in [6, 6.07) is 3.74. The molecular formula is C12H13F2N3O. The van der Waals surface area contributed by atoms with Gasteiger partial charge in [0.2, 0.25) is 5.89 Å². The monoisotopic (exact) mass is 253 g/mol. The van der Waals surface area contributed by atoms with Crippen LogP contribution in [0.3, 0.4) is 0 Å². The fourth-order valence-corrected chi connectivity index (χ4v) is 1.66. The topological polar surface area (TPSA) is 51.0 Å². The van der Waals surface area contributed by atoms with E-state index < -0.39 is 11.6 Å². The second kappa shape index (κ2) is 5.22. The summed E-state index contributed by atoms with van der Waals surface area (Å²) >= 11 is 0. The Bertz CT molecular complexity index is 538. The highest BCUT2D eigenvalue weighted by Crippen LogP contribution is 2.25. The molecule has 1 unspecified atom stereocenters. The molecule has 4 nitrogen and oxygen atoms in total. The Kier molecular flexibility index (Phi) is 3.66. The zero-order chi connectivity index (χ0) is 13.1. The van der Waals surface area contributed by atoms with Crippen LogP contribution in [0.5, 0.6) is 0 Å². The van der Waals surface area contributed by atoms with Crippen LogP contribution in [0.25, 0.3) is 11.5 Å². The lowest BCUT2D eigenvalue weighted by Gasteiger charge is -2.07.